The lowest BCUT2D eigenvalue weighted by molar-refractivity contribution is 0.0734. The monoisotopic (exact) mass is 453 g/mol. The number of hydrogen-bond donors (Lipinski definition) is 0. The highest BCUT2D eigenvalue weighted by atomic mass is 16.5. The summed E-state index contributed by atoms with van der Waals surface area (Å²) in [5, 5.41) is 9.56. The van der Waals surface area contributed by atoms with Crippen molar-refractivity contribution in [1.29, 1.82) is 5.26 Å². The molecule has 0 heterocycles. The van der Waals surface area contributed by atoms with E-state index in [0.29, 0.717) is 22.8 Å². The molecule has 3 aromatic carbocycles. The second-order valence-electron chi connectivity index (χ2n) is 9.37. The van der Waals surface area contributed by atoms with E-state index in [1.165, 1.54) is 31.2 Å². The van der Waals surface area contributed by atoms with Gasteiger partial charge in [-0.05, 0) is 71.7 Å². The number of rotatable bonds is 11. The lowest BCUT2D eigenvalue weighted by Crippen LogP contribution is -2.09. The normalized spacial score (nSPS) is 10.8. The largest absolute Gasteiger partial charge is 0.422 e. The second kappa shape index (κ2) is 12.8. The molecule has 0 atom stereocenters. The van der Waals surface area contributed by atoms with Gasteiger partial charge in [0.2, 0.25) is 0 Å². The Kier molecular flexibility index (Phi) is 9.47. The number of hydrogen-bond acceptors (Lipinski definition) is 3. The van der Waals surface area contributed by atoms with E-state index in [2.05, 4.69) is 51.1 Å². The van der Waals surface area contributed by atoms with Crippen LogP contribution in [0.15, 0.2) is 66.7 Å². The first-order valence-electron chi connectivity index (χ1n) is 12.4. The predicted molar refractivity (Wildman–Crippen MR) is 139 cm³/mol. The molecule has 0 aliphatic heterocycles. The molecule has 0 radical (unpaired) electrons. The van der Waals surface area contributed by atoms with Crippen molar-refractivity contribution in [3.63, 3.8) is 0 Å². The van der Waals surface area contributed by atoms with Gasteiger partial charge in [-0.25, -0.2) is 4.79 Å². The fourth-order valence-electron chi connectivity index (χ4n) is 4.10. The molecular weight excluding hydrogens is 418 g/mol. The SMILES string of the molecule is CCCCCCCc1ccc(OC(=O)c2ccc(-c3ccc(CC(C)C)cc3)cc2)c(C#N)c1. The van der Waals surface area contributed by atoms with Gasteiger partial charge >= 0.3 is 5.97 Å². The van der Waals surface area contributed by atoms with E-state index >= 15 is 0 Å². The Morgan fingerprint density at radius 3 is 2.09 bits per heavy atom. The van der Waals surface area contributed by atoms with E-state index < -0.39 is 5.97 Å². The summed E-state index contributed by atoms with van der Waals surface area (Å²) >= 11 is 0. The quantitative estimate of drug-likeness (QED) is 0.167. The molecule has 3 aromatic rings. The average Bonchev–Trinajstić information content (AvgIpc) is 2.85. The number of esters is 1. The van der Waals surface area contributed by atoms with E-state index in [9.17, 15) is 10.1 Å². The Labute approximate surface area is 204 Å². The number of ether oxygens (including phenoxy) is 1. The van der Waals surface area contributed by atoms with Gasteiger partial charge in [0.25, 0.3) is 0 Å². The predicted octanol–water partition coefficient (Wildman–Crippen LogP) is 8.16. The van der Waals surface area contributed by atoms with Gasteiger partial charge in [0, 0.05) is 0 Å². The lowest BCUT2D eigenvalue weighted by Gasteiger charge is -2.09. The smallest absolute Gasteiger partial charge is 0.343 e. The molecule has 3 heteroatoms. The molecule has 0 fully saturated rings. The number of carbonyl (C=O) groups excluding carboxylic acids is 1. The number of unbranched alkanes of at least 4 members (excludes halogenated alkanes) is 4. The molecule has 0 bridgehead atoms. The van der Waals surface area contributed by atoms with Crippen molar-refractivity contribution in [1.82, 2.24) is 0 Å². The highest BCUT2D eigenvalue weighted by Crippen LogP contribution is 2.24. The molecule has 176 valence electrons. The number of nitriles is 1. The fourth-order valence-corrected chi connectivity index (χ4v) is 4.10. The molecule has 0 spiro atoms. The number of carbonyl (C=O) groups is 1. The second-order valence-corrected chi connectivity index (χ2v) is 9.37. The molecule has 0 unspecified atom stereocenters. The molecule has 0 aromatic heterocycles. The van der Waals surface area contributed by atoms with Gasteiger partial charge < -0.3 is 4.74 Å². The average molecular weight is 454 g/mol. The molecule has 3 rings (SSSR count). The maximum Gasteiger partial charge on any atom is 0.343 e. The van der Waals surface area contributed by atoms with Crippen LogP contribution in [0.5, 0.6) is 5.75 Å². The minimum atomic E-state index is -0.456. The lowest BCUT2D eigenvalue weighted by atomic mass is 9.98. The van der Waals surface area contributed by atoms with Gasteiger partial charge in [-0.3, -0.25) is 0 Å². The van der Waals surface area contributed by atoms with Crippen LogP contribution in [-0.4, -0.2) is 5.97 Å². The minimum Gasteiger partial charge on any atom is -0.422 e. The van der Waals surface area contributed by atoms with E-state index in [1.54, 1.807) is 18.2 Å². The van der Waals surface area contributed by atoms with Crippen LogP contribution < -0.4 is 4.74 Å². The third kappa shape index (κ3) is 7.32. The van der Waals surface area contributed by atoms with Gasteiger partial charge in [0.05, 0.1) is 11.1 Å². The van der Waals surface area contributed by atoms with E-state index in [4.69, 9.17) is 4.74 Å². The van der Waals surface area contributed by atoms with Gasteiger partial charge in [0.15, 0.2) is 0 Å². The van der Waals surface area contributed by atoms with Gasteiger partial charge in [0.1, 0.15) is 11.8 Å². The highest BCUT2D eigenvalue weighted by Gasteiger charge is 2.13. The minimum absolute atomic E-state index is 0.312. The summed E-state index contributed by atoms with van der Waals surface area (Å²) in [7, 11) is 0. The van der Waals surface area contributed by atoms with Crippen LogP contribution in [0.3, 0.4) is 0 Å². The summed E-state index contributed by atoms with van der Waals surface area (Å²) < 4.78 is 5.57. The van der Waals surface area contributed by atoms with Gasteiger partial charge in [-0.1, -0.05) is 88.9 Å². The summed E-state index contributed by atoms with van der Waals surface area (Å²) in [6, 6.07) is 23.7. The summed E-state index contributed by atoms with van der Waals surface area (Å²) in [4.78, 5) is 12.7. The first kappa shape index (κ1) is 25.2. The Balaban J connectivity index is 1.62. The number of aryl methyl sites for hydroxylation is 1. The maximum atomic E-state index is 12.7. The first-order chi connectivity index (χ1) is 16.5. The zero-order valence-electron chi connectivity index (χ0n) is 20.6. The van der Waals surface area contributed by atoms with Crippen molar-refractivity contribution < 1.29 is 9.53 Å². The summed E-state index contributed by atoms with van der Waals surface area (Å²) in [6.07, 6.45) is 8.06. The summed E-state index contributed by atoms with van der Waals surface area (Å²) in [6.45, 7) is 6.64. The standard InChI is InChI=1S/C31H35NO2/c1-4-5-6-7-8-9-24-12-19-30(29(21-24)22-32)34-31(33)28-17-15-27(16-18-28)26-13-10-25(11-14-26)20-23(2)3/h10-19,21,23H,4-9,20H2,1-3H3. The van der Waals surface area contributed by atoms with Crippen molar-refractivity contribution >= 4 is 5.97 Å². The van der Waals surface area contributed by atoms with Crippen molar-refractivity contribution in [3.8, 4) is 22.9 Å². The molecule has 0 N–H and O–H groups in total. The van der Waals surface area contributed by atoms with Crippen molar-refractivity contribution in [2.75, 3.05) is 0 Å². The first-order valence-corrected chi connectivity index (χ1v) is 12.4. The van der Waals surface area contributed by atoms with Crippen LogP contribution in [-0.2, 0) is 12.8 Å². The molecule has 3 nitrogen and oxygen atoms in total. The van der Waals surface area contributed by atoms with Crippen LogP contribution >= 0.6 is 0 Å². The molecule has 34 heavy (non-hydrogen) atoms. The van der Waals surface area contributed by atoms with E-state index in [1.807, 2.05) is 24.3 Å². The Bertz CT molecular complexity index is 1110. The number of nitrogens with zero attached hydrogens (tertiary/aromatic N) is 1. The van der Waals surface area contributed by atoms with Crippen LogP contribution in [0, 0.1) is 17.2 Å². The third-order valence-corrected chi connectivity index (χ3v) is 5.99. The highest BCUT2D eigenvalue weighted by molar-refractivity contribution is 5.92. The van der Waals surface area contributed by atoms with Crippen LogP contribution in [0.2, 0.25) is 0 Å². The Morgan fingerprint density at radius 1 is 0.853 bits per heavy atom. The molecule has 0 amide bonds. The van der Waals surface area contributed by atoms with Crippen molar-refractivity contribution in [3.05, 3.63) is 89.0 Å². The zero-order valence-corrected chi connectivity index (χ0v) is 20.6. The molecule has 0 aliphatic rings. The molecule has 0 aliphatic carbocycles. The van der Waals surface area contributed by atoms with Crippen LogP contribution in [0.25, 0.3) is 11.1 Å². The fraction of sp³-hybridized carbons (Fsp3) is 0.355. The van der Waals surface area contributed by atoms with Gasteiger partial charge in [-0.2, -0.15) is 5.26 Å². The maximum absolute atomic E-state index is 12.7. The zero-order chi connectivity index (χ0) is 24.3. The Morgan fingerprint density at radius 2 is 1.47 bits per heavy atom. The summed E-state index contributed by atoms with van der Waals surface area (Å²) in [5.74, 6) is 0.485. The third-order valence-electron chi connectivity index (χ3n) is 5.99. The van der Waals surface area contributed by atoms with Crippen LogP contribution in [0.1, 0.15) is 79.9 Å². The van der Waals surface area contributed by atoms with Gasteiger partial charge in [-0.15, -0.1) is 0 Å². The van der Waals surface area contributed by atoms with Crippen LogP contribution in [0.4, 0.5) is 0 Å². The van der Waals surface area contributed by atoms with Crippen molar-refractivity contribution in [2.45, 2.75) is 65.7 Å². The van der Waals surface area contributed by atoms with E-state index in [0.717, 1.165) is 36.0 Å². The van der Waals surface area contributed by atoms with Crippen molar-refractivity contribution in [2.24, 2.45) is 5.92 Å². The number of benzene rings is 3. The Hall–Kier alpha value is -3.38. The van der Waals surface area contributed by atoms with E-state index in [-0.39, 0.29) is 0 Å². The molecular formula is C31H35NO2. The molecule has 0 saturated carbocycles. The molecule has 0 saturated heterocycles. The summed E-state index contributed by atoms with van der Waals surface area (Å²) in [5.41, 5.74) is 5.46. The topological polar surface area (TPSA) is 50.1 Å².